The number of rotatable bonds is 4. The van der Waals surface area contributed by atoms with Crippen LogP contribution >= 0.6 is 0 Å². The standard InChI is InChI=1S/C59H38N4O/c1-2-14-35(15-3-1)57-60-58(36-26-28-47-46-22-11-13-25-54(46)64-55(47)32-36)62-59(61-57)51-34-50-45(41-19-7-9-21-43(41)51)30-31-53-56(50)48-23-10-12-24-52(48)63(53)37-27-29-44-40-18-5-4-16-38(40)39-17-6-8-20-42(39)49(44)33-37/h1-9,11-22,24-33,51H,10,23,34H2. The molecular weight excluding hydrogens is 781 g/mol. The van der Waals surface area contributed by atoms with Gasteiger partial charge in [0.15, 0.2) is 11.6 Å². The molecular formula is C59H38N4O. The van der Waals surface area contributed by atoms with Gasteiger partial charge in [-0.25, -0.2) is 15.0 Å². The molecule has 300 valence electrons. The van der Waals surface area contributed by atoms with Crippen molar-refractivity contribution in [3.8, 4) is 39.6 Å². The third-order valence-corrected chi connectivity index (χ3v) is 13.9. The molecule has 0 saturated heterocycles. The van der Waals surface area contributed by atoms with E-state index in [9.17, 15) is 0 Å². The molecule has 2 aliphatic carbocycles. The SMILES string of the molecule is C1=Cc2c(c3c4c(ccc3n2-c2ccc3c5ccccc5c5ccccc5c3c2)-c2ccccc2C(c2nc(-c3ccccc3)nc(-c3ccc5c(c3)oc3ccccc35)n2)C4)CC1. The molecule has 1 atom stereocenters. The Kier molecular flexibility index (Phi) is 7.57. The predicted molar refractivity (Wildman–Crippen MR) is 262 cm³/mol. The number of aryl methyl sites for hydroxylation is 1. The van der Waals surface area contributed by atoms with Crippen molar-refractivity contribution < 1.29 is 4.42 Å². The average molecular weight is 819 g/mol. The highest BCUT2D eigenvalue weighted by Gasteiger charge is 2.33. The Labute approximate surface area is 368 Å². The van der Waals surface area contributed by atoms with Gasteiger partial charge in [-0.15, -0.1) is 0 Å². The van der Waals surface area contributed by atoms with Crippen molar-refractivity contribution in [3.63, 3.8) is 0 Å². The Bertz CT molecular complexity index is 3910. The minimum atomic E-state index is -0.105. The number of hydrogen-bond donors (Lipinski definition) is 0. The van der Waals surface area contributed by atoms with Gasteiger partial charge >= 0.3 is 0 Å². The van der Waals surface area contributed by atoms with Gasteiger partial charge in [0.2, 0.25) is 0 Å². The summed E-state index contributed by atoms with van der Waals surface area (Å²) in [5, 5.41) is 11.2. The van der Waals surface area contributed by atoms with Crippen molar-refractivity contribution in [1.29, 1.82) is 0 Å². The molecule has 12 aromatic rings. The van der Waals surface area contributed by atoms with E-state index in [1.54, 1.807) is 0 Å². The number of para-hydroxylation sites is 1. The lowest BCUT2D eigenvalue weighted by molar-refractivity contribution is 0.669. The number of aromatic nitrogens is 4. The molecule has 0 N–H and O–H groups in total. The van der Waals surface area contributed by atoms with Crippen LogP contribution in [0.15, 0.2) is 186 Å². The molecule has 0 bridgehead atoms. The maximum atomic E-state index is 6.36. The number of allylic oxidation sites excluding steroid dienone is 1. The van der Waals surface area contributed by atoms with E-state index < -0.39 is 0 Å². The second-order valence-corrected chi connectivity index (χ2v) is 17.3. The van der Waals surface area contributed by atoms with E-state index in [0.717, 1.165) is 58.2 Å². The molecule has 5 nitrogen and oxygen atoms in total. The van der Waals surface area contributed by atoms with Gasteiger partial charge in [0, 0.05) is 44.6 Å². The van der Waals surface area contributed by atoms with Gasteiger partial charge in [0.25, 0.3) is 0 Å². The van der Waals surface area contributed by atoms with E-state index in [0.29, 0.717) is 11.6 Å². The number of fused-ring (bicyclic) bond motifs is 16. The van der Waals surface area contributed by atoms with Crippen molar-refractivity contribution >= 4 is 71.2 Å². The van der Waals surface area contributed by atoms with Crippen LogP contribution in [0.5, 0.6) is 0 Å². The first-order valence-electron chi connectivity index (χ1n) is 22.3. The minimum absolute atomic E-state index is 0.105. The molecule has 2 aliphatic rings. The van der Waals surface area contributed by atoms with Crippen LogP contribution in [0.2, 0.25) is 0 Å². The van der Waals surface area contributed by atoms with Crippen LogP contribution in [0, 0.1) is 0 Å². The Balaban J connectivity index is 0.973. The average Bonchev–Trinajstić information content (AvgIpc) is 3.92. The summed E-state index contributed by atoms with van der Waals surface area (Å²) in [5.41, 5.74) is 13.7. The first kappa shape index (κ1) is 35.4. The summed E-state index contributed by atoms with van der Waals surface area (Å²) in [5.74, 6) is 1.97. The largest absolute Gasteiger partial charge is 0.456 e. The van der Waals surface area contributed by atoms with Gasteiger partial charge in [-0.3, -0.25) is 0 Å². The monoisotopic (exact) mass is 818 g/mol. The molecule has 64 heavy (non-hydrogen) atoms. The van der Waals surface area contributed by atoms with E-state index in [2.05, 4.69) is 162 Å². The van der Waals surface area contributed by atoms with Crippen LogP contribution in [0.3, 0.4) is 0 Å². The molecule has 1 unspecified atom stereocenters. The lowest BCUT2D eigenvalue weighted by atomic mass is 9.76. The molecule has 0 amide bonds. The summed E-state index contributed by atoms with van der Waals surface area (Å²) < 4.78 is 8.88. The topological polar surface area (TPSA) is 56.7 Å². The fourth-order valence-electron chi connectivity index (χ4n) is 11.0. The van der Waals surface area contributed by atoms with E-state index in [-0.39, 0.29) is 5.92 Å². The molecule has 0 spiro atoms. The van der Waals surface area contributed by atoms with Gasteiger partial charge in [-0.1, -0.05) is 146 Å². The maximum Gasteiger partial charge on any atom is 0.163 e. The smallest absolute Gasteiger partial charge is 0.163 e. The van der Waals surface area contributed by atoms with Crippen molar-refractivity contribution in [2.24, 2.45) is 0 Å². The minimum Gasteiger partial charge on any atom is -0.456 e. The molecule has 5 heteroatoms. The van der Waals surface area contributed by atoms with Crippen molar-refractivity contribution in [1.82, 2.24) is 19.5 Å². The van der Waals surface area contributed by atoms with Crippen molar-refractivity contribution in [2.45, 2.75) is 25.2 Å². The van der Waals surface area contributed by atoms with Gasteiger partial charge in [-0.2, -0.15) is 0 Å². The van der Waals surface area contributed by atoms with E-state index >= 15 is 0 Å². The number of benzene rings is 9. The molecule has 3 heterocycles. The van der Waals surface area contributed by atoms with Crippen LogP contribution in [0.25, 0.3) is 111 Å². The third kappa shape index (κ3) is 5.21. The molecule has 0 radical (unpaired) electrons. The highest BCUT2D eigenvalue weighted by Crippen LogP contribution is 2.48. The second-order valence-electron chi connectivity index (χ2n) is 17.3. The fraction of sp³-hybridized carbons (Fsp3) is 0.0678. The van der Waals surface area contributed by atoms with Crippen LogP contribution < -0.4 is 0 Å². The van der Waals surface area contributed by atoms with Gasteiger partial charge in [-0.05, 0) is 122 Å². The summed E-state index contributed by atoms with van der Waals surface area (Å²) in [7, 11) is 0. The lowest BCUT2D eigenvalue weighted by Crippen LogP contribution is -2.17. The van der Waals surface area contributed by atoms with Crippen molar-refractivity contribution in [3.05, 3.63) is 210 Å². The maximum absolute atomic E-state index is 6.36. The Morgan fingerprint density at radius 1 is 0.484 bits per heavy atom. The lowest BCUT2D eigenvalue weighted by Gasteiger charge is -2.28. The van der Waals surface area contributed by atoms with Crippen LogP contribution in [0.4, 0.5) is 0 Å². The summed E-state index contributed by atoms with van der Waals surface area (Å²) in [6.07, 6.45) is 7.45. The third-order valence-electron chi connectivity index (χ3n) is 13.9. The zero-order valence-corrected chi connectivity index (χ0v) is 34.8. The van der Waals surface area contributed by atoms with Crippen molar-refractivity contribution in [2.75, 3.05) is 0 Å². The zero-order chi connectivity index (χ0) is 41.9. The normalized spacial score (nSPS) is 14.5. The molecule has 14 rings (SSSR count). The number of nitrogens with zero attached hydrogens (tertiary/aromatic N) is 4. The first-order chi connectivity index (χ1) is 31.7. The number of hydrogen-bond acceptors (Lipinski definition) is 4. The molecule has 0 aliphatic heterocycles. The van der Waals surface area contributed by atoms with E-state index in [1.165, 1.54) is 82.4 Å². The Hall–Kier alpha value is -8.15. The summed E-state index contributed by atoms with van der Waals surface area (Å²) in [6.45, 7) is 0. The molecule has 9 aromatic carbocycles. The fourth-order valence-corrected chi connectivity index (χ4v) is 11.0. The van der Waals surface area contributed by atoms with Crippen LogP contribution in [-0.2, 0) is 12.8 Å². The van der Waals surface area contributed by atoms with Gasteiger partial charge in [0.05, 0.1) is 5.52 Å². The van der Waals surface area contributed by atoms with Crippen LogP contribution in [-0.4, -0.2) is 19.5 Å². The quantitative estimate of drug-likeness (QED) is 0.166. The highest BCUT2D eigenvalue weighted by molar-refractivity contribution is 6.25. The molecule has 0 fully saturated rings. The first-order valence-corrected chi connectivity index (χ1v) is 22.3. The predicted octanol–water partition coefficient (Wildman–Crippen LogP) is 14.8. The van der Waals surface area contributed by atoms with Gasteiger partial charge < -0.3 is 8.98 Å². The Morgan fingerprint density at radius 2 is 1.14 bits per heavy atom. The summed E-state index contributed by atoms with van der Waals surface area (Å²) >= 11 is 0. The van der Waals surface area contributed by atoms with Gasteiger partial charge in [0.1, 0.15) is 17.0 Å². The highest BCUT2D eigenvalue weighted by atomic mass is 16.3. The molecule has 0 saturated carbocycles. The summed E-state index contributed by atoms with van der Waals surface area (Å²) in [6, 6.07) is 63.2. The molecule has 3 aromatic heterocycles. The zero-order valence-electron chi connectivity index (χ0n) is 34.8. The summed E-state index contributed by atoms with van der Waals surface area (Å²) in [4.78, 5) is 15.9. The number of furan rings is 1. The van der Waals surface area contributed by atoms with E-state index in [4.69, 9.17) is 19.4 Å². The Morgan fingerprint density at radius 3 is 1.95 bits per heavy atom. The van der Waals surface area contributed by atoms with E-state index in [1.807, 2.05) is 30.3 Å². The van der Waals surface area contributed by atoms with Crippen LogP contribution in [0.1, 0.15) is 40.5 Å². The second kappa shape index (κ2) is 13.7.